The Labute approximate surface area is 91.6 Å². The smallest absolute Gasteiger partial charge is 0.376 e. The van der Waals surface area contributed by atoms with Crippen LogP contribution in [-0.2, 0) is 13.3 Å². The zero-order valence-corrected chi connectivity index (χ0v) is 10.6. The number of hydrogen-bond acceptors (Lipinski definition) is 4. The van der Waals surface area contributed by atoms with Crippen LogP contribution < -0.4 is 0 Å². The van der Waals surface area contributed by atoms with E-state index < -0.39 is 8.80 Å². The molecular weight excluding hydrogens is 210 g/mol. The van der Waals surface area contributed by atoms with E-state index in [-0.39, 0.29) is 5.54 Å². The molecule has 4 nitrogen and oxygen atoms in total. The summed E-state index contributed by atoms with van der Waals surface area (Å²) in [6.07, 6.45) is 3.51. The average molecular weight is 227 g/mol. The second-order valence-corrected chi connectivity index (χ2v) is 6.52. The molecule has 0 saturated carbocycles. The van der Waals surface area contributed by atoms with Gasteiger partial charge in [0, 0.05) is 33.7 Å². The molecule has 1 aromatic rings. The molecule has 1 aromatic heterocycles. The third-order valence-corrected chi connectivity index (χ3v) is 5.69. The maximum absolute atomic E-state index is 5.43. The standard InChI is InChI=1S/C10H17NO3Si/c1-9(10-5-7-11-8-6-10)15(12-2,13-3)14-4/h5-9H,1-4H3. The van der Waals surface area contributed by atoms with Gasteiger partial charge >= 0.3 is 8.80 Å². The molecule has 1 rings (SSSR count). The largest absolute Gasteiger partial charge is 0.507 e. The van der Waals surface area contributed by atoms with Gasteiger partial charge in [0.2, 0.25) is 0 Å². The van der Waals surface area contributed by atoms with E-state index in [1.54, 1.807) is 33.7 Å². The van der Waals surface area contributed by atoms with E-state index in [0.717, 1.165) is 5.56 Å². The summed E-state index contributed by atoms with van der Waals surface area (Å²) in [5, 5.41) is 0. The van der Waals surface area contributed by atoms with Crippen LogP contribution >= 0.6 is 0 Å². The second-order valence-electron chi connectivity index (χ2n) is 3.22. The quantitative estimate of drug-likeness (QED) is 0.716. The lowest BCUT2D eigenvalue weighted by Gasteiger charge is -2.30. The molecule has 0 radical (unpaired) electrons. The first-order valence-electron chi connectivity index (χ1n) is 4.75. The Bertz CT molecular complexity index is 282. The fourth-order valence-corrected chi connectivity index (χ4v) is 3.80. The summed E-state index contributed by atoms with van der Waals surface area (Å²) < 4.78 is 16.3. The molecule has 0 aromatic carbocycles. The first-order valence-corrected chi connectivity index (χ1v) is 6.55. The summed E-state index contributed by atoms with van der Waals surface area (Å²) in [7, 11) is 2.28. The monoisotopic (exact) mass is 227 g/mol. The van der Waals surface area contributed by atoms with Gasteiger partial charge in [-0.2, -0.15) is 0 Å². The number of pyridine rings is 1. The Morgan fingerprint density at radius 1 is 1.07 bits per heavy atom. The van der Waals surface area contributed by atoms with Crippen molar-refractivity contribution in [2.24, 2.45) is 0 Å². The maximum atomic E-state index is 5.43. The van der Waals surface area contributed by atoms with Crippen molar-refractivity contribution >= 4 is 8.80 Å². The van der Waals surface area contributed by atoms with Crippen molar-refractivity contribution in [3.05, 3.63) is 30.1 Å². The summed E-state index contributed by atoms with van der Waals surface area (Å²) in [5.41, 5.74) is 1.21. The van der Waals surface area contributed by atoms with Crippen LogP contribution in [0.2, 0.25) is 0 Å². The predicted octanol–water partition coefficient (Wildman–Crippen LogP) is 1.60. The molecule has 0 aliphatic heterocycles. The van der Waals surface area contributed by atoms with Crippen molar-refractivity contribution in [2.75, 3.05) is 21.3 Å². The molecule has 0 aliphatic rings. The van der Waals surface area contributed by atoms with E-state index in [0.29, 0.717) is 0 Å². The van der Waals surface area contributed by atoms with Gasteiger partial charge in [-0.15, -0.1) is 0 Å². The lowest BCUT2D eigenvalue weighted by atomic mass is 10.2. The Morgan fingerprint density at radius 2 is 1.53 bits per heavy atom. The van der Waals surface area contributed by atoms with Gasteiger partial charge in [0.1, 0.15) is 0 Å². The molecule has 5 heteroatoms. The molecule has 0 fully saturated rings. The SMILES string of the molecule is CO[Si](OC)(OC)C(C)c1ccncc1. The van der Waals surface area contributed by atoms with Gasteiger partial charge < -0.3 is 13.3 Å². The van der Waals surface area contributed by atoms with Gasteiger partial charge in [0.05, 0.1) is 5.54 Å². The minimum atomic E-state index is -2.59. The molecular formula is C10H17NO3Si. The van der Waals surface area contributed by atoms with Crippen LogP contribution in [0.5, 0.6) is 0 Å². The summed E-state index contributed by atoms with van der Waals surface area (Å²) in [4.78, 5) is 3.98. The zero-order chi connectivity index (χ0) is 11.3. The summed E-state index contributed by atoms with van der Waals surface area (Å²) >= 11 is 0. The van der Waals surface area contributed by atoms with Crippen molar-refractivity contribution in [1.29, 1.82) is 0 Å². The minimum Gasteiger partial charge on any atom is -0.376 e. The highest BCUT2D eigenvalue weighted by Crippen LogP contribution is 2.27. The Balaban J connectivity index is 2.95. The molecule has 84 valence electrons. The lowest BCUT2D eigenvalue weighted by molar-refractivity contribution is 0.114. The van der Waals surface area contributed by atoms with Crippen molar-refractivity contribution in [3.63, 3.8) is 0 Å². The number of aromatic nitrogens is 1. The normalized spacial score (nSPS) is 13.9. The average Bonchev–Trinajstić information content (AvgIpc) is 2.33. The van der Waals surface area contributed by atoms with Gasteiger partial charge in [-0.3, -0.25) is 4.98 Å². The van der Waals surface area contributed by atoms with Crippen LogP contribution in [-0.4, -0.2) is 35.1 Å². The minimum absolute atomic E-state index is 0.0977. The highest BCUT2D eigenvalue weighted by molar-refractivity contribution is 6.62. The van der Waals surface area contributed by atoms with E-state index in [4.69, 9.17) is 13.3 Å². The summed E-state index contributed by atoms with van der Waals surface area (Å²) in [6, 6.07) is 3.90. The number of rotatable bonds is 5. The van der Waals surface area contributed by atoms with Crippen molar-refractivity contribution in [1.82, 2.24) is 4.98 Å². The topological polar surface area (TPSA) is 40.6 Å². The predicted molar refractivity (Wildman–Crippen MR) is 59.4 cm³/mol. The molecule has 1 heterocycles. The highest BCUT2D eigenvalue weighted by Gasteiger charge is 2.45. The third-order valence-electron chi connectivity index (χ3n) is 2.59. The van der Waals surface area contributed by atoms with Crippen molar-refractivity contribution < 1.29 is 13.3 Å². The molecule has 1 atom stereocenters. The van der Waals surface area contributed by atoms with Crippen LogP contribution in [0.3, 0.4) is 0 Å². The van der Waals surface area contributed by atoms with Gasteiger partial charge in [-0.1, -0.05) is 6.92 Å². The van der Waals surface area contributed by atoms with Crippen LogP contribution in [0.1, 0.15) is 18.0 Å². The fourth-order valence-electron chi connectivity index (χ4n) is 1.64. The number of hydrogen-bond donors (Lipinski definition) is 0. The van der Waals surface area contributed by atoms with Crippen molar-refractivity contribution in [3.8, 4) is 0 Å². The first-order chi connectivity index (χ1) is 7.20. The van der Waals surface area contributed by atoms with E-state index in [2.05, 4.69) is 4.98 Å². The second kappa shape index (κ2) is 5.36. The summed E-state index contributed by atoms with van der Waals surface area (Å²) in [5.74, 6) is 0. The van der Waals surface area contributed by atoms with Crippen LogP contribution in [0.4, 0.5) is 0 Å². The van der Waals surface area contributed by atoms with Crippen LogP contribution in [0.15, 0.2) is 24.5 Å². The molecule has 0 amide bonds. The van der Waals surface area contributed by atoms with Gasteiger partial charge in [-0.25, -0.2) is 0 Å². The summed E-state index contributed by atoms with van der Waals surface area (Å²) in [6.45, 7) is 2.04. The fraction of sp³-hybridized carbons (Fsp3) is 0.500. The van der Waals surface area contributed by atoms with Gasteiger partial charge in [-0.05, 0) is 17.7 Å². The molecule has 0 N–H and O–H groups in total. The molecule has 0 aliphatic carbocycles. The van der Waals surface area contributed by atoms with Crippen molar-refractivity contribution in [2.45, 2.75) is 12.5 Å². The molecule has 0 spiro atoms. The number of nitrogens with zero attached hydrogens (tertiary/aromatic N) is 1. The third kappa shape index (κ3) is 2.43. The maximum Gasteiger partial charge on any atom is 0.507 e. The van der Waals surface area contributed by atoms with E-state index >= 15 is 0 Å². The first kappa shape index (κ1) is 12.3. The lowest BCUT2D eigenvalue weighted by Crippen LogP contribution is -2.48. The van der Waals surface area contributed by atoms with E-state index in [1.807, 2.05) is 19.1 Å². The van der Waals surface area contributed by atoms with Gasteiger partial charge in [0.15, 0.2) is 0 Å². The Morgan fingerprint density at radius 3 is 1.93 bits per heavy atom. The Kier molecular flexibility index (Phi) is 4.40. The molecule has 15 heavy (non-hydrogen) atoms. The molecule has 0 saturated heterocycles. The van der Waals surface area contributed by atoms with E-state index in [9.17, 15) is 0 Å². The molecule has 1 unspecified atom stereocenters. The van der Waals surface area contributed by atoms with Crippen LogP contribution in [0.25, 0.3) is 0 Å². The molecule has 0 bridgehead atoms. The zero-order valence-electron chi connectivity index (χ0n) is 9.56. The van der Waals surface area contributed by atoms with Crippen LogP contribution in [0, 0.1) is 0 Å². The van der Waals surface area contributed by atoms with Gasteiger partial charge in [0.25, 0.3) is 0 Å². The van der Waals surface area contributed by atoms with E-state index in [1.165, 1.54) is 0 Å². The Hall–Kier alpha value is -0.753. The highest BCUT2D eigenvalue weighted by atomic mass is 28.4.